The van der Waals surface area contributed by atoms with Crippen LogP contribution in [0.15, 0.2) is 12.7 Å². The predicted molar refractivity (Wildman–Crippen MR) is 46.2 cm³/mol. The second kappa shape index (κ2) is 7.15. The van der Waals surface area contributed by atoms with Crippen LogP contribution < -0.4 is 5.32 Å². The van der Waals surface area contributed by atoms with E-state index in [4.69, 9.17) is 0 Å². The molecular weight excluding hydrogens is 174 g/mol. The zero-order valence-corrected chi connectivity index (χ0v) is 7.54. The molecule has 0 bridgehead atoms. The van der Waals surface area contributed by atoms with Gasteiger partial charge in [0.15, 0.2) is 0 Å². The summed E-state index contributed by atoms with van der Waals surface area (Å²) in [5.74, 6) is -0.528. The molecule has 13 heavy (non-hydrogen) atoms. The molecule has 0 rings (SSSR count). The first-order chi connectivity index (χ1) is 6.20. The fourth-order valence-corrected chi connectivity index (χ4v) is 0.531. The van der Waals surface area contributed by atoms with E-state index in [1.54, 1.807) is 6.92 Å². The van der Waals surface area contributed by atoms with Crippen molar-refractivity contribution in [1.82, 2.24) is 5.32 Å². The summed E-state index contributed by atoms with van der Waals surface area (Å²) in [7, 11) is 0. The lowest BCUT2D eigenvalue weighted by Crippen LogP contribution is -2.25. The van der Waals surface area contributed by atoms with E-state index in [9.17, 15) is 9.59 Å². The van der Waals surface area contributed by atoms with E-state index in [-0.39, 0.29) is 13.2 Å². The topological polar surface area (TPSA) is 64.6 Å². The highest BCUT2D eigenvalue weighted by Gasteiger charge is 1.99. The Balaban J connectivity index is 3.30. The summed E-state index contributed by atoms with van der Waals surface area (Å²) in [5, 5.41) is 2.43. The molecule has 1 N–H and O–H groups in total. The van der Waals surface area contributed by atoms with Gasteiger partial charge in [0.2, 0.25) is 0 Å². The standard InChI is InChI=1S/C8H13NO4/c1-3-7(10)12-5-6-13-8(11)9-4-2/h3H,1,4-6H2,2H3,(H,9,11). The molecule has 0 spiro atoms. The van der Waals surface area contributed by atoms with Gasteiger partial charge < -0.3 is 14.8 Å². The highest BCUT2D eigenvalue weighted by Crippen LogP contribution is 1.82. The summed E-state index contributed by atoms with van der Waals surface area (Å²) in [6.45, 7) is 5.58. The monoisotopic (exact) mass is 187 g/mol. The van der Waals surface area contributed by atoms with E-state index in [0.29, 0.717) is 6.54 Å². The quantitative estimate of drug-likeness (QED) is 0.386. The summed E-state index contributed by atoms with van der Waals surface area (Å²) >= 11 is 0. The first-order valence-corrected chi connectivity index (χ1v) is 3.90. The average molecular weight is 187 g/mol. The lowest BCUT2D eigenvalue weighted by atomic mass is 10.6. The first-order valence-electron chi connectivity index (χ1n) is 3.90. The van der Waals surface area contributed by atoms with Crippen LogP contribution in [0.25, 0.3) is 0 Å². The molecule has 0 aliphatic carbocycles. The van der Waals surface area contributed by atoms with Crippen molar-refractivity contribution in [2.75, 3.05) is 19.8 Å². The molecule has 5 heteroatoms. The molecule has 0 saturated heterocycles. The number of ether oxygens (including phenoxy) is 2. The van der Waals surface area contributed by atoms with Crippen LogP contribution in [0.1, 0.15) is 6.92 Å². The smallest absolute Gasteiger partial charge is 0.407 e. The molecule has 0 atom stereocenters. The lowest BCUT2D eigenvalue weighted by Gasteiger charge is -2.04. The number of hydrogen-bond donors (Lipinski definition) is 1. The molecule has 0 unspecified atom stereocenters. The number of hydrogen-bond acceptors (Lipinski definition) is 4. The molecule has 0 saturated carbocycles. The number of amides is 1. The minimum atomic E-state index is -0.528. The highest BCUT2D eigenvalue weighted by atomic mass is 16.6. The summed E-state index contributed by atoms with van der Waals surface area (Å²) in [4.78, 5) is 21.1. The van der Waals surface area contributed by atoms with Gasteiger partial charge in [0.1, 0.15) is 13.2 Å². The van der Waals surface area contributed by atoms with Crippen molar-refractivity contribution in [3.8, 4) is 0 Å². The molecule has 74 valence electrons. The highest BCUT2D eigenvalue weighted by molar-refractivity contribution is 5.81. The molecule has 0 aromatic rings. The van der Waals surface area contributed by atoms with Crippen LogP contribution in [0.3, 0.4) is 0 Å². The molecule has 0 radical (unpaired) electrons. The third kappa shape index (κ3) is 6.86. The molecule has 0 aliphatic rings. The zero-order valence-electron chi connectivity index (χ0n) is 7.54. The molecule has 0 heterocycles. The molecule has 1 amide bonds. The number of esters is 1. The minimum absolute atomic E-state index is 0.0436. The Morgan fingerprint density at radius 1 is 1.38 bits per heavy atom. The van der Waals surface area contributed by atoms with Crippen LogP contribution in [-0.4, -0.2) is 31.8 Å². The van der Waals surface area contributed by atoms with Crippen molar-refractivity contribution < 1.29 is 19.1 Å². The summed E-state index contributed by atoms with van der Waals surface area (Å²) in [6, 6.07) is 0. The van der Waals surface area contributed by atoms with E-state index >= 15 is 0 Å². The molecule has 5 nitrogen and oxygen atoms in total. The van der Waals surface area contributed by atoms with E-state index < -0.39 is 12.1 Å². The first kappa shape index (κ1) is 11.5. The van der Waals surface area contributed by atoms with Gasteiger partial charge in [-0.1, -0.05) is 6.58 Å². The third-order valence-electron chi connectivity index (χ3n) is 1.05. The Bertz CT molecular complexity index is 191. The number of carbonyl (C=O) groups excluding carboxylic acids is 2. The fraction of sp³-hybridized carbons (Fsp3) is 0.500. The SMILES string of the molecule is C=CC(=O)OCCOC(=O)NCC. The minimum Gasteiger partial charge on any atom is -0.459 e. The number of alkyl carbamates (subject to hydrolysis) is 1. The number of rotatable bonds is 5. The second-order valence-electron chi connectivity index (χ2n) is 2.04. The van der Waals surface area contributed by atoms with Crippen molar-refractivity contribution in [3.05, 3.63) is 12.7 Å². The Morgan fingerprint density at radius 3 is 2.54 bits per heavy atom. The van der Waals surface area contributed by atoms with Crippen LogP contribution >= 0.6 is 0 Å². The Morgan fingerprint density at radius 2 is 2.00 bits per heavy atom. The average Bonchev–Trinajstić information content (AvgIpc) is 2.12. The van der Waals surface area contributed by atoms with Gasteiger partial charge >= 0.3 is 12.1 Å². The van der Waals surface area contributed by atoms with E-state index in [0.717, 1.165) is 6.08 Å². The maximum atomic E-state index is 10.7. The van der Waals surface area contributed by atoms with Gasteiger partial charge in [-0.3, -0.25) is 0 Å². The summed E-state index contributed by atoms with van der Waals surface area (Å²) in [6.07, 6.45) is 0.531. The Labute approximate surface area is 76.7 Å². The van der Waals surface area contributed by atoms with Crippen molar-refractivity contribution >= 4 is 12.1 Å². The van der Waals surface area contributed by atoms with E-state index in [2.05, 4.69) is 21.4 Å². The maximum absolute atomic E-state index is 10.7. The van der Waals surface area contributed by atoms with Crippen molar-refractivity contribution in [2.24, 2.45) is 0 Å². The fourth-order valence-electron chi connectivity index (χ4n) is 0.531. The van der Waals surface area contributed by atoms with Crippen LogP contribution in [-0.2, 0) is 14.3 Å². The summed E-state index contributed by atoms with van der Waals surface area (Å²) in [5.41, 5.74) is 0. The van der Waals surface area contributed by atoms with Crippen LogP contribution in [0.4, 0.5) is 4.79 Å². The molecule has 0 aromatic heterocycles. The Hall–Kier alpha value is -1.52. The van der Waals surface area contributed by atoms with Crippen molar-refractivity contribution in [2.45, 2.75) is 6.92 Å². The zero-order chi connectivity index (χ0) is 10.1. The van der Waals surface area contributed by atoms with Gasteiger partial charge in [-0.05, 0) is 6.92 Å². The van der Waals surface area contributed by atoms with Gasteiger partial charge in [0.05, 0.1) is 0 Å². The Kier molecular flexibility index (Phi) is 6.31. The second-order valence-corrected chi connectivity index (χ2v) is 2.04. The number of carbonyl (C=O) groups is 2. The van der Waals surface area contributed by atoms with Crippen molar-refractivity contribution in [1.29, 1.82) is 0 Å². The van der Waals surface area contributed by atoms with Crippen LogP contribution in [0.5, 0.6) is 0 Å². The van der Waals surface area contributed by atoms with Gasteiger partial charge in [-0.25, -0.2) is 9.59 Å². The van der Waals surface area contributed by atoms with Crippen molar-refractivity contribution in [3.63, 3.8) is 0 Å². The van der Waals surface area contributed by atoms with Gasteiger partial charge in [-0.15, -0.1) is 0 Å². The maximum Gasteiger partial charge on any atom is 0.407 e. The molecular formula is C8H13NO4. The van der Waals surface area contributed by atoms with Gasteiger partial charge in [0.25, 0.3) is 0 Å². The third-order valence-corrected chi connectivity index (χ3v) is 1.05. The molecule has 0 fully saturated rings. The predicted octanol–water partition coefficient (Wildman–Crippen LogP) is 0.462. The molecule has 0 aliphatic heterocycles. The van der Waals surface area contributed by atoms with E-state index in [1.165, 1.54) is 0 Å². The van der Waals surface area contributed by atoms with E-state index in [1.807, 2.05) is 0 Å². The van der Waals surface area contributed by atoms with Crippen LogP contribution in [0, 0.1) is 0 Å². The van der Waals surface area contributed by atoms with Gasteiger partial charge in [-0.2, -0.15) is 0 Å². The summed E-state index contributed by atoms with van der Waals surface area (Å²) < 4.78 is 9.17. The van der Waals surface area contributed by atoms with Crippen LogP contribution in [0.2, 0.25) is 0 Å². The normalized spacial score (nSPS) is 8.69. The van der Waals surface area contributed by atoms with Gasteiger partial charge in [0, 0.05) is 12.6 Å². The number of nitrogens with one attached hydrogen (secondary N) is 1. The largest absolute Gasteiger partial charge is 0.459 e. The molecule has 0 aromatic carbocycles. The lowest BCUT2D eigenvalue weighted by molar-refractivity contribution is -0.138.